The molecule has 0 saturated heterocycles. The molecule has 2 unspecified atom stereocenters. The maximum Gasteiger partial charge on any atom is 0.273 e. The molecule has 1 N–H and O–H groups in total. The number of hydrogen-bond donors (Lipinski definition) is 1. The molecule has 112 valence electrons. The third-order valence-electron chi connectivity index (χ3n) is 3.97. The second-order valence-electron chi connectivity index (χ2n) is 5.49. The highest BCUT2D eigenvalue weighted by molar-refractivity contribution is 7.14. The molecule has 6 heteroatoms. The maximum absolute atomic E-state index is 12.4. The summed E-state index contributed by atoms with van der Waals surface area (Å²) >= 11 is 3.12. The van der Waals surface area contributed by atoms with E-state index < -0.39 is 0 Å². The normalized spacial score (nSPS) is 21.6. The number of thiazole rings is 1. The summed E-state index contributed by atoms with van der Waals surface area (Å²) in [5.74, 6) is 0.140. The van der Waals surface area contributed by atoms with Crippen molar-refractivity contribution in [1.82, 2.24) is 9.88 Å². The van der Waals surface area contributed by atoms with E-state index in [1.165, 1.54) is 11.3 Å². The van der Waals surface area contributed by atoms with Crippen LogP contribution in [0.1, 0.15) is 29.8 Å². The Bertz CT molecular complexity index is 609. The monoisotopic (exact) mass is 322 g/mol. The van der Waals surface area contributed by atoms with Gasteiger partial charge in [-0.1, -0.05) is 6.42 Å². The summed E-state index contributed by atoms with van der Waals surface area (Å²) < 4.78 is 0. The number of carbonyl (C=O) groups excluding carboxylic acids is 1. The molecule has 4 nitrogen and oxygen atoms in total. The van der Waals surface area contributed by atoms with Crippen molar-refractivity contribution in [2.45, 2.75) is 25.4 Å². The fraction of sp³-hybridized carbons (Fsp3) is 0.467. The van der Waals surface area contributed by atoms with Gasteiger partial charge in [-0.3, -0.25) is 4.79 Å². The van der Waals surface area contributed by atoms with Gasteiger partial charge in [0.1, 0.15) is 10.7 Å². The average Bonchev–Trinajstić information content (AvgIpc) is 3.18. The van der Waals surface area contributed by atoms with E-state index in [2.05, 4.69) is 4.98 Å². The van der Waals surface area contributed by atoms with E-state index in [0.29, 0.717) is 12.2 Å². The third kappa shape index (κ3) is 3.17. The minimum absolute atomic E-state index is 0.0631. The Balaban J connectivity index is 1.67. The first-order valence-corrected chi connectivity index (χ1v) is 8.89. The van der Waals surface area contributed by atoms with Crippen LogP contribution >= 0.6 is 22.7 Å². The van der Waals surface area contributed by atoms with Gasteiger partial charge in [0.05, 0.1) is 6.10 Å². The van der Waals surface area contributed by atoms with E-state index in [1.54, 1.807) is 23.3 Å². The number of aromatic nitrogens is 1. The number of aliphatic hydroxyl groups excluding tert-OH is 1. The Hall–Kier alpha value is -1.24. The van der Waals surface area contributed by atoms with Crippen molar-refractivity contribution in [3.05, 3.63) is 27.9 Å². The molecular formula is C15H18N2O2S2. The summed E-state index contributed by atoms with van der Waals surface area (Å²) in [4.78, 5) is 18.5. The van der Waals surface area contributed by atoms with Crippen molar-refractivity contribution in [2.24, 2.45) is 5.92 Å². The maximum atomic E-state index is 12.4. The molecule has 1 saturated carbocycles. The number of nitrogens with zero attached hydrogens (tertiary/aromatic N) is 2. The first-order valence-electron chi connectivity index (χ1n) is 7.07. The summed E-state index contributed by atoms with van der Waals surface area (Å²) in [7, 11) is 1.79. The van der Waals surface area contributed by atoms with Crippen LogP contribution in [0, 0.1) is 5.92 Å². The van der Waals surface area contributed by atoms with Crippen molar-refractivity contribution in [3.8, 4) is 10.6 Å². The van der Waals surface area contributed by atoms with Crippen molar-refractivity contribution < 1.29 is 9.90 Å². The summed E-state index contributed by atoms with van der Waals surface area (Å²) in [6, 6.07) is 2.01. The predicted molar refractivity (Wildman–Crippen MR) is 85.7 cm³/mol. The van der Waals surface area contributed by atoms with E-state index in [0.717, 1.165) is 29.8 Å². The number of aliphatic hydroxyl groups is 1. The molecule has 1 aliphatic carbocycles. The number of carbonyl (C=O) groups is 1. The van der Waals surface area contributed by atoms with Gasteiger partial charge in [-0.05, 0) is 24.3 Å². The number of hydrogen-bond acceptors (Lipinski definition) is 5. The first kappa shape index (κ1) is 14.7. The fourth-order valence-corrected chi connectivity index (χ4v) is 4.26. The molecule has 2 atom stereocenters. The molecule has 0 bridgehead atoms. The summed E-state index contributed by atoms with van der Waals surface area (Å²) in [6.07, 6.45) is 2.63. The number of thiophene rings is 1. The molecule has 0 aliphatic heterocycles. The van der Waals surface area contributed by atoms with E-state index >= 15 is 0 Å². The lowest BCUT2D eigenvalue weighted by atomic mass is 10.1. The van der Waals surface area contributed by atoms with Crippen LogP contribution in [0.25, 0.3) is 10.6 Å². The van der Waals surface area contributed by atoms with Crippen molar-refractivity contribution in [3.63, 3.8) is 0 Å². The number of rotatable bonds is 4. The van der Waals surface area contributed by atoms with Crippen molar-refractivity contribution >= 4 is 28.6 Å². The van der Waals surface area contributed by atoms with Crippen LogP contribution in [0.5, 0.6) is 0 Å². The standard InChI is InChI=1S/C15H18N2O2S2/c1-17(7-10-3-2-4-13(10)18)15(19)12-9-21-14(16-12)11-5-6-20-8-11/h5-6,8-10,13,18H,2-4,7H2,1H3. The second kappa shape index (κ2) is 6.25. The van der Waals surface area contributed by atoms with Crippen LogP contribution in [-0.4, -0.2) is 40.6 Å². The third-order valence-corrected chi connectivity index (χ3v) is 5.54. The zero-order chi connectivity index (χ0) is 14.8. The lowest BCUT2D eigenvalue weighted by Gasteiger charge is -2.22. The minimum Gasteiger partial charge on any atom is -0.393 e. The average molecular weight is 322 g/mol. The van der Waals surface area contributed by atoms with Gasteiger partial charge >= 0.3 is 0 Å². The largest absolute Gasteiger partial charge is 0.393 e. The molecule has 2 heterocycles. The van der Waals surface area contributed by atoms with Crippen LogP contribution < -0.4 is 0 Å². The smallest absolute Gasteiger partial charge is 0.273 e. The van der Waals surface area contributed by atoms with Gasteiger partial charge in [0.15, 0.2) is 0 Å². The molecule has 1 fully saturated rings. The van der Waals surface area contributed by atoms with E-state index in [1.807, 2.05) is 22.2 Å². The topological polar surface area (TPSA) is 53.4 Å². The Labute approximate surface area is 132 Å². The molecule has 21 heavy (non-hydrogen) atoms. The van der Waals surface area contributed by atoms with Gasteiger partial charge in [-0.15, -0.1) is 11.3 Å². The van der Waals surface area contributed by atoms with Crippen LogP contribution in [-0.2, 0) is 0 Å². The first-order chi connectivity index (χ1) is 10.1. The van der Waals surface area contributed by atoms with E-state index in [4.69, 9.17) is 0 Å². The SMILES string of the molecule is CN(CC1CCCC1O)C(=O)c1csc(-c2ccsc2)n1. The molecule has 1 amide bonds. The molecular weight excluding hydrogens is 304 g/mol. The highest BCUT2D eigenvalue weighted by Gasteiger charge is 2.28. The Morgan fingerprint density at radius 3 is 3.00 bits per heavy atom. The quantitative estimate of drug-likeness (QED) is 0.941. The molecule has 1 aliphatic rings. The molecule has 2 aromatic heterocycles. The van der Waals surface area contributed by atoms with Gasteiger partial charge < -0.3 is 10.0 Å². The van der Waals surface area contributed by atoms with Crippen LogP contribution in [0.2, 0.25) is 0 Å². The van der Waals surface area contributed by atoms with Crippen LogP contribution in [0.4, 0.5) is 0 Å². The van der Waals surface area contributed by atoms with Gasteiger partial charge in [-0.2, -0.15) is 11.3 Å². The molecule has 0 aromatic carbocycles. The molecule has 0 radical (unpaired) electrons. The van der Waals surface area contributed by atoms with Gasteiger partial charge in [0.2, 0.25) is 0 Å². The Morgan fingerprint density at radius 1 is 1.48 bits per heavy atom. The fourth-order valence-electron chi connectivity index (χ4n) is 2.75. The lowest BCUT2D eigenvalue weighted by molar-refractivity contribution is 0.0689. The Morgan fingerprint density at radius 2 is 2.33 bits per heavy atom. The van der Waals surface area contributed by atoms with Crippen molar-refractivity contribution in [1.29, 1.82) is 0 Å². The summed E-state index contributed by atoms with van der Waals surface area (Å²) in [5, 5.41) is 16.6. The van der Waals surface area contributed by atoms with Gasteiger partial charge in [0.25, 0.3) is 5.91 Å². The van der Waals surface area contributed by atoms with Crippen LogP contribution in [0.3, 0.4) is 0 Å². The van der Waals surface area contributed by atoms with E-state index in [9.17, 15) is 9.90 Å². The summed E-state index contributed by atoms with van der Waals surface area (Å²) in [6.45, 7) is 0.602. The number of amides is 1. The summed E-state index contributed by atoms with van der Waals surface area (Å²) in [5.41, 5.74) is 1.56. The highest BCUT2D eigenvalue weighted by Crippen LogP contribution is 2.28. The van der Waals surface area contributed by atoms with Gasteiger partial charge in [-0.25, -0.2) is 4.98 Å². The Kier molecular flexibility index (Phi) is 4.37. The zero-order valence-corrected chi connectivity index (χ0v) is 13.5. The molecule has 2 aromatic rings. The zero-order valence-electron chi connectivity index (χ0n) is 11.9. The minimum atomic E-state index is -0.267. The highest BCUT2D eigenvalue weighted by atomic mass is 32.1. The molecule has 0 spiro atoms. The lowest BCUT2D eigenvalue weighted by Crippen LogP contribution is -2.34. The van der Waals surface area contributed by atoms with Gasteiger partial charge in [0, 0.05) is 35.8 Å². The van der Waals surface area contributed by atoms with E-state index in [-0.39, 0.29) is 17.9 Å². The van der Waals surface area contributed by atoms with Crippen LogP contribution in [0.15, 0.2) is 22.2 Å². The van der Waals surface area contributed by atoms with Crippen molar-refractivity contribution in [2.75, 3.05) is 13.6 Å². The molecule has 3 rings (SSSR count). The second-order valence-corrected chi connectivity index (χ2v) is 7.13. The predicted octanol–water partition coefficient (Wildman–Crippen LogP) is 3.10.